The van der Waals surface area contributed by atoms with E-state index >= 15 is 0 Å². The molecule has 0 fully saturated rings. The summed E-state index contributed by atoms with van der Waals surface area (Å²) >= 11 is 4.62. The van der Waals surface area contributed by atoms with Gasteiger partial charge in [-0.3, -0.25) is 9.59 Å². The Morgan fingerprint density at radius 3 is 2.82 bits per heavy atom. The maximum absolute atomic E-state index is 12.5. The second-order valence-corrected chi connectivity index (χ2v) is 6.68. The van der Waals surface area contributed by atoms with E-state index in [0.717, 1.165) is 4.47 Å². The number of rotatable bonds is 2. The highest BCUT2D eigenvalue weighted by molar-refractivity contribution is 9.10. The molecule has 1 amide bonds. The van der Waals surface area contributed by atoms with Crippen molar-refractivity contribution in [2.45, 2.75) is 6.92 Å². The van der Waals surface area contributed by atoms with Crippen molar-refractivity contribution in [2.24, 2.45) is 7.05 Å². The first-order valence-electron chi connectivity index (χ1n) is 6.49. The molecule has 0 aliphatic rings. The Morgan fingerprint density at radius 2 is 2.09 bits per heavy atom. The predicted molar refractivity (Wildman–Crippen MR) is 91.7 cm³/mol. The maximum Gasteiger partial charge on any atom is 0.266 e. The molecule has 3 rings (SSSR count). The molecule has 0 aliphatic heterocycles. The lowest BCUT2D eigenvalue weighted by molar-refractivity contribution is 0.103. The number of nitrogens with one attached hydrogen (secondary N) is 1. The van der Waals surface area contributed by atoms with E-state index in [0.29, 0.717) is 26.3 Å². The number of hydrogen-bond donors (Lipinski definition) is 1. The molecular weight excluding hydrogens is 366 g/mol. The molecule has 1 N–H and O–H groups in total. The number of benzene rings is 1. The fraction of sp³-hybridized carbons (Fsp3) is 0.133. The summed E-state index contributed by atoms with van der Waals surface area (Å²) in [5.74, 6) is -0.241. The zero-order chi connectivity index (χ0) is 15.9. The normalized spacial score (nSPS) is 10.9. The van der Waals surface area contributed by atoms with Gasteiger partial charge < -0.3 is 9.88 Å². The van der Waals surface area contributed by atoms with Crippen LogP contribution in [0.4, 0.5) is 5.69 Å². The number of fused-ring (bicyclic) bond motifs is 1. The number of anilines is 1. The molecule has 112 valence electrons. The van der Waals surface area contributed by atoms with Crippen molar-refractivity contribution in [3.05, 3.63) is 55.9 Å². The third-order valence-corrected chi connectivity index (χ3v) is 5.23. The number of nitrogens with zero attached hydrogens (tertiary/aromatic N) is 2. The van der Waals surface area contributed by atoms with Gasteiger partial charge in [-0.1, -0.05) is 12.1 Å². The van der Waals surface area contributed by atoms with Gasteiger partial charge in [-0.15, -0.1) is 11.3 Å². The summed E-state index contributed by atoms with van der Waals surface area (Å²) in [7, 11) is 1.65. The lowest BCUT2D eigenvalue weighted by atomic mass is 10.2. The highest BCUT2D eigenvalue weighted by Gasteiger charge is 2.19. The summed E-state index contributed by atoms with van der Waals surface area (Å²) in [6.45, 7) is 1.77. The van der Waals surface area contributed by atoms with Crippen molar-refractivity contribution < 1.29 is 4.79 Å². The number of aromatic nitrogens is 2. The fourth-order valence-electron chi connectivity index (χ4n) is 2.17. The van der Waals surface area contributed by atoms with Crippen LogP contribution in [0.1, 0.15) is 15.2 Å². The number of carbonyl (C=O) groups excluding carboxylic acids is 1. The van der Waals surface area contributed by atoms with Crippen LogP contribution >= 0.6 is 27.3 Å². The van der Waals surface area contributed by atoms with Gasteiger partial charge in [0.05, 0.1) is 22.3 Å². The van der Waals surface area contributed by atoms with Crippen LogP contribution < -0.4 is 10.9 Å². The molecule has 2 aromatic heterocycles. The summed E-state index contributed by atoms with van der Waals surface area (Å²) in [6.07, 6.45) is 1.47. The van der Waals surface area contributed by atoms with Gasteiger partial charge in [-0.05, 0) is 40.5 Å². The minimum atomic E-state index is -0.241. The van der Waals surface area contributed by atoms with Crippen LogP contribution in [0.3, 0.4) is 0 Å². The van der Waals surface area contributed by atoms with Crippen LogP contribution in [0, 0.1) is 6.92 Å². The van der Waals surface area contributed by atoms with Gasteiger partial charge in [0, 0.05) is 11.5 Å². The van der Waals surface area contributed by atoms with Gasteiger partial charge in [0.1, 0.15) is 4.83 Å². The van der Waals surface area contributed by atoms with Crippen LogP contribution in [-0.2, 0) is 7.05 Å². The predicted octanol–water partition coefficient (Wildman–Crippen LogP) is 3.32. The van der Waals surface area contributed by atoms with Gasteiger partial charge in [-0.25, -0.2) is 4.98 Å². The van der Waals surface area contributed by atoms with E-state index in [2.05, 4.69) is 26.2 Å². The van der Waals surface area contributed by atoms with Crippen molar-refractivity contribution >= 4 is 49.1 Å². The topological polar surface area (TPSA) is 64.0 Å². The largest absolute Gasteiger partial charge is 0.320 e. The Kier molecular flexibility index (Phi) is 3.84. The molecule has 3 aromatic rings. The molecule has 0 unspecified atom stereocenters. The van der Waals surface area contributed by atoms with Crippen LogP contribution in [0.25, 0.3) is 10.2 Å². The first-order chi connectivity index (χ1) is 10.5. The number of carbonyl (C=O) groups is 1. The Morgan fingerprint density at radius 1 is 1.36 bits per heavy atom. The number of thiophene rings is 1. The molecule has 0 bridgehead atoms. The van der Waals surface area contributed by atoms with Crippen molar-refractivity contribution in [1.82, 2.24) is 9.55 Å². The van der Waals surface area contributed by atoms with E-state index in [-0.39, 0.29) is 11.5 Å². The van der Waals surface area contributed by atoms with E-state index in [1.54, 1.807) is 14.0 Å². The minimum absolute atomic E-state index is 0.140. The molecule has 0 atom stereocenters. The Hall–Kier alpha value is -1.99. The molecule has 2 heterocycles. The standard InChI is InChI=1S/C15H12BrN3O2S/c1-8-11-14(17-7-19(2)15(11)21)22-12(8)13(20)18-10-6-4-3-5-9(10)16/h3-7H,1-2H3,(H,18,20). The molecule has 22 heavy (non-hydrogen) atoms. The molecule has 1 aromatic carbocycles. The average molecular weight is 378 g/mol. The second-order valence-electron chi connectivity index (χ2n) is 4.83. The summed E-state index contributed by atoms with van der Waals surface area (Å²) in [5.41, 5.74) is 1.21. The van der Waals surface area contributed by atoms with Crippen molar-refractivity contribution in [1.29, 1.82) is 0 Å². The molecule has 7 heteroatoms. The first kappa shape index (κ1) is 14.9. The SMILES string of the molecule is Cc1c(C(=O)Nc2ccccc2Br)sc2ncn(C)c(=O)c12. The quantitative estimate of drug-likeness (QED) is 0.744. The van der Waals surface area contributed by atoms with E-state index in [4.69, 9.17) is 0 Å². The molecule has 5 nitrogen and oxygen atoms in total. The number of halogens is 1. The van der Waals surface area contributed by atoms with Crippen LogP contribution in [0.15, 0.2) is 39.9 Å². The Balaban J connectivity index is 2.05. The molecule has 0 aliphatic carbocycles. The zero-order valence-corrected chi connectivity index (χ0v) is 14.3. The zero-order valence-electron chi connectivity index (χ0n) is 11.9. The molecule has 0 radical (unpaired) electrons. The maximum atomic E-state index is 12.5. The van der Waals surface area contributed by atoms with E-state index in [1.165, 1.54) is 22.2 Å². The number of aryl methyl sites for hydroxylation is 2. The van der Waals surface area contributed by atoms with E-state index in [9.17, 15) is 9.59 Å². The van der Waals surface area contributed by atoms with Gasteiger partial charge >= 0.3 is 0 Å². The Labute approximate surface area is 138 Å². The van der Waals surface area contributed by atoms with Crippen molar-refractivity contribution in [2.75, 3.05) is 5.32 Å². The highest BCUT2D eigenvalue weighted by atomic mass is 79.9. The summed E-state index contributed by atoms with van der Waals surface area (Å²) in [4.78, 5) is 30.0. The monoisotopic (exact) mass is 377 g/mol. The average Bonchev–Trinajstić information content (AvgIpc) is 2.83. The lowest BCUT2D eigenvalue weighted by Gasteiger charge is -2.06. The summed E-state index contributed by atoms with van der Waals surface area (Å²) in [6, 6.07) is 7.38. The van der Waals surface area contributed by atoms with Crippen LogP contribution in [-0.4, -0.2) is 15.5 Å². The molecular formula is C15H12BrN3O2S. The highest BCUT2D eigenvalue weighted by Crippen LogP contribution is 2.28. The van der Waals surface area contributed by atoms with Crippen molar-refractivity contribution in [3.8, 4) is 0 Å². The summed E-state index contributed by atoms with van der Waals surface area (Å²) < 4.78 is 2.22. The molecule has 0 saturated carbocycles. The number of para-hydroxylation sites is 1. The van der Waals surface area contributed by atoms with Gasteiger partial charge in [0.25, 0.3) is 11.5 Å². The van der Waals surface area contributed by atoms with Gasteiger partial charge in [-0.2, -0.15) is 0 Å². The van der Waals surface area contributed by atoms with Crippen LogP contribution in [0.2, 0.25) is 0 Å². The third kappa shape index (κ3) is 2.46. The third-order valence-electron chi connectivity index (χ3n) is 3.34. The van der Waals surface area contributed by atoms with Gasteiger partial charge in [0.15, 0.2) is 0 Å². The lowest BCUT2D eigenvalue weighted by Crippen LogP contribution is -2.17. The first-order valence-corrected chi connectivity index (χ1v) is 8.10. The molecule has 0 spiro atoms. The smallest absolute Gasteiger partial charge is 0.266 e. The number of amides is 1. The Bertz CT molecular complexity index is 946. The molecule has 0 saturated heterocycles. The van der Waals surface area contributed by atoms with Crippen LogP contribution in [0.5, 0.6) is 0 Å². The minimum Gasteiger partial charge on any atom is -0.320 e. The second kappa shape index (κ2) is 5.66. The van der Waals surface area contributed by atoms with E-state index < -0.39 is 0 Å². The number of hydrogen-bond acceptors (Lipinski definition) is 4. The summed E-state index contributed by atoms with van der Waals surface area (Å²) in [5, 5.41) is 3.36. The van der Waals surface area contributed by atoms with Crippen molar-refractivity contribution in [3.63, 3.8) is 0 Å². The van der Waals surface area contributed by atoms with Gasteiger partial charge in [0.2, 0.25) is 0 Å². The van der Waals surface area contributed by atoms with E-state index in [1.807, 2.05) is 24.3 Å². The fourth-order valence-corrected chi connectivity index (χ4v) is 3.59.